The standard InChI is InChI=1S/C13H10ClN7O/c14-9-3-1-8(2-4-9)12-15-6-5-10(17-12)13(22)16-7-11-18-20-21-19-11/h1-6H,7H2,(H,16,22)(H,18,19,20,21). The number of aromatic nitrogens is 6. The number of hydrogen-bond acceptors (Lipinski definition) is 6. The topological polar surface area (TPSA) is 109 Å². The van der Waals surface area contributed by atoms with Crippen molar-refractivity contribution in [3.63, 3.8) is 0 Å². The fourth-order valence-electron chi connectivity index (χ4n) is 1.73. The second-order valence-electron chi connectivity index (χ2n) is 4.28. The van der Waals surface area contributed by atoms with E-state index in [1.807, 2.05) is 0 Å². The Kier molecular flexibility index (Phi) is 4.01. The molecule has 9 heteroatoms. The predicted molar refractivity (Wildman–Crippen MR) is 77.8 cm³/mol. The lowest BCUT2D eigenvalue weighted by molar-refractivity contribution is 0.0945. The molecule has 1 amide bonds. The van der Waals surface area contributed by atoms with Crippen LogP contribution in [0.15, 0.2) is 36.5 Å². The minimum absolute atomic E-state index is 0.162. The lowest BCUT2D eigenvalue weighted by Gasteiger charge is -2.04. The summed E-state index contributed by atoms with van der Waals surface area (Å²) in [4.78, 5) is 20.5. The second-order valence-corrected chi connectivity index (χ2v) is 4.72. The number of tetrazole rings is 1. The number of halogens is 1. The maximum Gasteiger partial charge on any atom is 0.270 e. The van der Waals surface area contributed by atoms with Crippen molar-refractivity contribution in [1.82, 2.24) is 35.9 Å². The van der Waals surface area contributed by atoms with Crippen LogP contribution in [0.3, 0.4) is 0 Å². The summed E-state index contributed by atoms with van der Waals surface area (Å²) in [6, 6.07) is 8.59. The molecule has 0 aliphatic carbocycles. The zero-order valence-corrected chi connectivity index (χ0v) is 11.9. The zero-order valence-electron chi connectivity index (χ0n) is 11.2. The Morgan fingerprint density at radius 2 is 2.05 bits per heavy atom. The SMILES string of the molecule is O=C(NCc1nn[nH]n1)c1ccnc(-c2ccc(Cl)cc2)n1. The van der Waals surface area contributed by atoms with E-state index in [4.69, 9.17) is 11.6 Å². The second kappa shape index (κ2) is 6.27. The lowest BCUT2D eigenvalue weighted by atomic mass is 10.2. The van der Waals surface area contributed by atoms with Gasteiger partial charge in [0.2, 0.25) is 0 Å². The van der Waals surface area contributed by atoms with Crippen LogP contribution in [0.2, 0.25) is 5.02 Å². The highest BCUT2D eigenvalue weighted by Crippen LogP contribution is 2.17. The molecule has 0 unspecified atom stereocenters. The highest BCUT2D eigenvalue weighted by Gasteiger charge is 2.10. The first kappa shape index (κ1) is 14.1. The van der Waals surface area contributed by atoms with E-state index in [1.54, 1.807) is 24.3 Å². The first-order valence-electron chi connectivity index (χ1n) is 6.32. The summed E-state index contributed by atoms with van der Waals surface area (Å²) in [6.07, 6.45) is 1.53. The fraction of sp³-hybridized carbons (Fsp3) is 0.0769. The molecule has 22 heavy (non-hydrogen) atoms. The molecule has 2 N–H and O–H groups in total. The van der Waals surface area contributed by atoms with E-state index >= 15 is 0 Å². The number of H-pyrrole nitrogens is 1. The van der Waals surface area contributed by atoms with Crippen molar-refractivity contribution in [2.24, 2.45) is 0 Å². The van der Waals surface area contributed by atoms with Crippen LogP contribution in [-0.4, -0.2) is 36.5 Å². The molecule has 2 heterocycles. The van der Waals surface area contributed by atoms with E-state index in [1.165, 1.54) is 12.3 Å². The van der Waals surface area contributed by atoms with Gasteiger partial charge in [-0.05, 0) is 30.3 Å². The van der Waals surface area contributed by atoms with Gasteiger partial charge in [-0.1, -0.05) is 16.8 Å². The highest BCUT2D eigenvalue weighted by molar-refractivity contribution is 6.30. The Balaban J connectivity index is 1.75. The minimum Gasteiger partial charge on any atom is -0.343 e. The molecule has 0 saturated heterocycles. The van der Waals surface area contributed by atoms with E-state index < -0.39 is 0 Å². The molecule has 0 bridgehead atoms. The maximum atomic E-state index is 12.1. The Morgan fingerprint density at radius 3 is 2.77 bits per heavy atom. The zero-order chi connectivity index (χ0) is 15.4. The number of aromatic amines is 1. The Labute approximate surface area is 130 Å². The summed E-state index contributed by atoms with van der Waals surface area (Å²) in [6.45, 7) is 0.162. The van der Waals surface area contributed by atoms with Gasteiger partial charge in [-0.25, -0.2) is 9.97 Å². The number of nitrogens with zero attached hydrogens (tertiary/aromatic N) is 5. The number of carbonyl (C=O) groups excluding carboxylic acids is 1. The van der Waals surface area contributed by atoms with Gasteiger partial charge in [-0.2, -0.15) is 5.21 Å². The van der Waals surface area contributed by atoms with Gasteiger partial charge in [0.15, 0.2) is 11.6 Å². The molecule has 3 aromatic rings. The summed E-state index contributed by atoms with van der Waals surface area (Å²) in [5.41, 5.74) is 1.03. The number of hydrogen-bond donors (Lipinski definition) is 2. The average molecular weight is 316 g/mol. The number of nitrogens with one attached hydrogen (secondary N) is 2. The van der Waals surface area contributed by atoms with Crippen LogP contribution in [0.25, 0.3) is 11.4 Å². The van der Waals surface area contributed by atoms with Crippen LogP contribution in [-0.2, 0) is 6.54 Å². The van der Waals surface area contributed by atoms with Gasteiger partial charge >= 0.3 is 0 Å². The monoisotopic (exact) mass is 315 g/mol. The Morgan fingerprint density at radius 1 is 1.23 bits per heavy atom. The van der Waals surface area contributed by atoms with Gasteiger partial charge in [0.1, 0.15) is 5.69 Å². The highest BCUT2D eigenvalue weighted by atomic mass is 35.5. The van der Waals surface area contributed by atoms with Crippen molar-refractivity contribution in [3.8, 4) is 11.4 Å². The van der Waals surface area contributed by atoms with Crippen molar-refractivity contribution < 1.29 is 4.79 Å². The molecule has 0 fully saturated rings. The largest absolute Gasteiger partial charge is 0.343 e. The number of benzene rings is 1. The van der Waals surface area contributed by atoms with Gasteiger partial charge in [-0.3, -0.25) is 4.79 Å². The maximum absolute atomic E-state index is 12.1. The molecule has 8 nitrogen and oxygen atoms in total. The minimum atomic E-state index is -0.345. The van der Waals surface area contributed by atoms with Gasteiger partial charge in [0.05, 0.1) is 6.54 Å². The molecule has 0 spiro atoms. The van der Waals surface area contributed by atoms with Crippen molar-refractivity contribution in [2.45, 2.75) is 6.54 Å². The Bertz CT molecular complexity index is 773. The third kappa shape index (κ3) is 3.23. The quantitative estimate of drug-likeness (QED) is 0.749. The normalized spacial score (nSPS) is 10.4. The van der Waals surface area contributed by atoms with Crippen LogP contribution in [0.5, 0.6) is 0 Å². The smallest absolute Gasteiger partial charge is 0.270 e. The molecule has 0 saturated carbocycles. The van der Waals surface area contributed by atoms with Gasteiger partial charge in [0.25, 0.3) is 5.91 Å². The first-order chi connectivity index (χ1) is 10.7. The van der Waals surface area contributed by atoms with Crippen molar-refractivity contribution in [2.75, 3.05) is 0 Å². The van der Waals surface area contributed by atoms with E-state index in [0.29, 0.717) is 16.7 Å². The molecule has 2 aromatic heterocycles. The van der Waals surface area contributed by atoms with E-state index in [-0.39, 0.29) is 18.1 Å². The third-order valence-electron chi connectivity index (χ3n) is 2.79. The van der Waals surface area contributed by atoms with E-state index in [2.05, 4.69) is 35.9 Å². The molecule has 0 aliphatic heterocycles. The van der Waals surface area contributed by atoms with Gasteiger partial charge in [-0.15, -0.1) is 10.2 Å². The molecule has 0 atom stereocenters. The van der Waals surface area contributed by atoms with Crippen molar-refractivity contribution >= 4 is 17.5 Å². The lowest BCUT2D eigenvalue weighted by Crippen LogP contribution is -2.24. The van der Waals surface area contributed by atoms with Gasteiger partial charge < -0.3 is 5.32 Å². The summed E-state index contributed by atoms with van der Waals surface area (Å²) < 4.78 is 0. The third-order valence-corrected chi connectivity index (χ3v) is 3.04. The van der Waals surface area contributed by atoms with Crippen LogP contribution >= 0.6 is 11.6 Å². The summed E-state index contributed by atoms with van der Waals surface area (Å²) in [5, 5.41) is 16.5. The predicted octanol–water partition coefficient (Wildman–Crippen LogP) is 1.24. The fourth-order valence-corrected chi connectivity index (χ4v) is 1.86. The van der Waals surface area contributed by atoms with Crippen molar-refractivity contribution in [3.05, 3.63) is 53.1 Å². The van der Waals surface area contributed by atoms with Crippen LogP contribution < -0.4 is 5.32 Å². The molecule has 110 valence electrons. The summed E-state index contributed by atoms with van der Waals surface area (Å²) in [7, 11) is 0. The van der Waals surface area contributed by atoms with Crippen LogP contribution in [0.1, 0.15) is 16.3 Å². The molecular formula is C13H10ClN7O. The summed E-state index contributed by atoms with van der Waals surface area (Å²) >= 11 is 5.85. The summed E-state index contributed by atoms with van der Waals surface area (Å²) in [5.74, 6) is 0.492. The molecule has 1 aromatic carbocycles. The first-order valence-corrected chi connectivity index (χ1v) is 6.69. The molecular weight excluding hydrogens is 306 g/mol. The molecule has 3 rings (SSSR count). The number of rotatable bonds is 4. The van der Waals surface area contributed by atoms with Crippen LogP contribution in [0.4, 0.5) is 0 Å². The molecule has 0 radical (unpaired) electrons. The average Bonchev–Trinajstić information content (AvgIpc) is 3.07. The van der Waals surface area contributed by atoms with Crippen molar-refractivity contribution in [1.29, 1.82) is 0 Å². The van der Waals surface area contributed by atoms with E-state index in [0.717, 1.165) is 5.56 Å². The van der Waals surface area contributed by atoms with Gasteiger partial charge in [0, 0.05) is 16.8 Å². The van der Waals surface area contributed by atoms with Crippen LogP contribution in [0, 0.1) is 0 Å². The Hall–Kier alpha value is -2.87. The number of amides is 1. The molecule has 0 aliphatic rings. The number of carbonyl (C=O) groups is 1. The van der Waals surface area contributed by atoms with E-state index in [9.17, 15) is 4.79 Å².